The van der Waals surface area contributed by atoms with E-state index >= 15 is 0 Å². The van der Waals surface area contributed by atoms with Gasteiger partial charge in [-0.2, -0.15) is 0 Å². The third-order valence-electron chi connectivity index (χ3n) is 2.25. The first-order valence-electron chi connectivity index (χ1n) is 3.51. The van der Waals surface area contributed by atoms with Gasteiger partial charge in [-0.15, -0.1) is 0 Å². The molecule has 0 N–H and O–H groups in total. The van der Waals surface area contributed by atoms with Crippen molar-refractivity contribution in [2.75, 3.05) is 0 Å². The normalized spacial score (nSPS) is 36.2. The van der Waals surface area contributed by atoms with Crippen LogP contribution in [-0.2, 0) is 0 Å². The zero-order valence-corrected chi connectivity index (χ0v) is 5.06. The summed E-state index contributed by atoms with van der Waals surface area (Å²) >= 11 is 0. The Labute approximate surface area is 50.6 Å². The number of fused-ring (bicyclic) bond motifs is 1. The van der Waals surface area contributed by atoms with Crippen molar-refractivity contribution in [3.63, 3.8) is 0 Å². The molecular weight excluding hydrogens is 96.1 g/mol. The van der Waals surface area contributed by atoms with Gasteiger partial charge in [0.05, 0.1) is 0 Å². The highest BCUT2D eigenvalue weighted by Crippen LogP contribution is 2.39. The number of hydrogen-bond acceptors (Lipinski definition) is 0. The molecule has 0 heteroatoms. The average molecular weight is 107 g/mol. The molecule has 1 fully saturated rings. The minimum atomic E-state index is 0.920. The van der Waals surface area contributed by atoms with Gasteiger partial charge in [-0.1, -0.05) is 25.0 Å². The maximum Gasteiger partial charge on any atom is 0.00411 e. The molecule has 2 aliphatic carbocycles. The lowest BCUT2D eigenvalue weighted by Gasteiger charge is -2.32. The smallest absolute Gasteiger partial charge is 0.00411 e. The molecule has 0 spiro atoms. The molecule has 1 atom stereocenters. The number of rotatable bonds is 0. The lowest BCUT2D eigenvalue weighted by molar-refractivity contribution is 0.449. The van der Waals surface area contributed by atoms with Crippen molar-refractivity contribution in [3.05, 3.63) is 18.1 Å². The minimum Gasteiger partial charge on any atom is -0.0839 e. The van der Waals surface area contributed by atoms with Crippen molar-refractivity contribution in [1.29, 1.82) is 0 Å². The van der Waals surface area contributed by atoms with Crippen LogP contribution in [0.15, 0.2) is 12.2 Å². The van der Waals surface area contributed by atoms with E-state index in [0.29, 0.717) is 0 Å². The summed E-state index contributed by atoms with van der Waals surface area (Å²) in [6.45, 7) is 0. The predicted molar refractivity (Wildman–Crippen MR) is 34.3 cm³/mol. The van der Waals surface area contributed by atoms with Crippen molar-refractivity contribution in [1.82, 2.24) is 0 Å². The third-order valence-corrected chi connectivity index (χ3v) is 2.25. The van der Waals surface area contributed by atoms with Crippen molar-refractivity contribution in [3.8, 4) is 0 Å². The van der Waals surface area contributed by atoms with E-state index in [1.807, 2.05) is 0 Å². The van der Waals surface area contributed by atoms with E-state index in [2.05, 4.69) is 12.2 Å². The molecule has 43 valence electrons. The Morgan fingerprint density at radius 2 is 2.38 bits per heavy atom. The van der Waals surface area contributed by atoms with Crippen LogP contribution in [0.1, 0.15) is 25.7 Å². The highest BCUT2D eigenvalue weighted by molar-refractivity contribution is 5.29. The molecule has 0 aromatic heterocycles. The summed E-state index contributed by atoms with van der Waals surface area (Å²) in [7, 11) is 0. The van der Waals surface area contributed by atoms with Gasteiger partial charge in [0.25, 0.3) is 0 Å². The monoisotopic (exact) mass is 107 g/mol. The highest BCUT2D eigenvalue weighted by Gasteiger charge is 2.26. The van der Waals surface area contributed by atoms with Gasteiger partial charge in [0, 0.05) is 5.92 Å². The fraction of sp³-hybridized carbons (Fsp3) is 0.625. The lowest BCUT2D eigenvalue weighted by atomic mass is 9.72. The molecule has 1 radical (unpaired) electrons. The second-order valence-electron chi connectivity index (χ2n) is 2.79. The first-order valence-corrected chi connectivity index (χ1v) is 3.51. The molecule has 0 aromatic rings. The Bertz CT molecular complexity index is 99.2. The maximum atomic E-state index is 2.34. The van der Waals surface area contributed by atoms with Crippen LogP contribution >= 0.6 is 0 Å². The van der Waals surface area contributed by atoms with E-state index in [1.54, 1.807) is 5.92 Å². The molecule has 2 rings (SSSR count). The van der Waals surface area contributed by atoms with E-state index in [1.165, 1.54) is 25.7 Å². The predicted octanol–water partition coefficient (Wildman–Crippen LogP) is 2.32. The molecule has 0 aliphatic heterocycles. The van der Waals surface area contributed by atoms with Gasteiger partial charge in [0.2, 0.25) is 0 Å². The molecule has 2 aliphatic rings. The van der Waals surface area contributed by atoms with E-state index in [4.69, 9.17) is 0 Å². The second-order valence-corrected chi connectivity index (χ2v) is 2.79. The Balaban J connectivity index is 2.04. The molecule has 0 nitrogen and oxygen atoms in total. The summed E-state index contributed by atoms with van der Waals surface area (Å²) in [6.07, 6.45) is 10.4. The van der Waals surface area contributed by atoms with Gasteiger partial charge < -0.3 is 0 Å². The topological polar surface area (TPSA) is 0 Å². The van der Waals surface area contributed by atoms with Crippen LogP contribution in [0, 0.1) is 11.8 Å². The van der Waals surface area contributed by atoms with Crippen molar-refractivity contribution in [2.45, 2.75) is 25.7 Å². The Morgan fingerprint density at radius 1 is 1.38 bits per heavy atom. The van der Waals surface area contributed by atoms with Crippen LogP contribution < -0.4 is 0 Å². The van der Waals surface area contributed by atoms with Gasteiger partial charge in [-0.3, -0.25) is 0 Å². The quantitative estimate of drug-likeness (QED) is 0.445. The van der Waals surface area contributed by atoms with Gasteiger partial charge in [0.15, 0.2) is 0 Å². The molecule has 0 amide bonds. The lowest BCUT2D eigenvalue weighted by Crippen LogP contribution is -2.19. The van der Waals surface area contributed by atoms with E-state index in [-0.39, 0.29) is 0 Å². The maximum absolute atomic E-state index is 2.34. The van der Waals surface area contributed by atoms with Crippen LogP contribution in [0.2, 0.25) is 0 Å². The molecule has 0 aromatic carbocycles. The third kappa shape index (κ3) is 0.521. The molecule has 1 unspecified atom stereocenters. The number of allylic oxidation sites excluding steroid dienone is 2. The Morgan fingerprint density at radius 3 is 2.75 bits per heavy atom. The molecule has 1 saturated carbocycles. The average Bonchev–Trinajstić information content (AvgIpc) is 1.72. The van der Waals surface area contributed by atoms with E-state index < -0.39 is 0 Å². The van der Waals surface area contributed by atoms with Crippen molar-refractivity contribution >= 4 is 0 Å². The minimum absolute atomic E-state index is 0.920. The fourth-order valence-corrected chi connectivity index (χ4v) is 1.61. The summed E-state index contributed by atoms with van der Waals surface area (Å²) in [5, 5.41) is 0. The van der Waals surface area contributed by atoms with Gasteiger partial charge in [-0.25, -0.2) is 0 Å². The van der Waals surface area contributed by atoms with E-state index in [0.717, 1.165) is 5.92 Å². The first-order chi connectivity index (χ1) is 3.97. The summed E-state index contributed by atoms with van der Waals surface area (Å²) < 4.78 is 0. The highest BCUT2D eigenvalue weighted by atomic mass is 14.3. The van der Waals surface area contributed by atoms with Gasteiger partial charge >= 0.3 is 0 Å². The van der Waals surface area contributed by atoms with Gasteiger partial charge in [0.1, 0.15) is 0 Å². The SMILES string of the molecule is C1=CC2CCCC[C]12. The van der Waals surface area contributed by atoms with Crippen LogP contribution in [0.5, 0.6) is 0 Å². The zero-order valence-electron chi connectivity index (χ0n) is 5.06. The number of hydrogen-bond donors (Lipinski definition) is 0. The molecule has 0 saturated heterocycles. The summed E-state index contributed by atoms with van der Waals surface area (Å²) in [5.41, 5.74) is 0. The van der Waals surface area contributed by atoms with Crippen LogP contribution in [-0.4, -0.2) is 0 Å². The summed E-state index contributed by atoms with van der Waals surface area (Å²) in [4.78, 5) is 0. The summed E-state index contributed by atoms with van der Waals surface area (Å²) in [6, 6.07) is 0. The van der Waals surface area contributed by atoms with Gasteiger partial charge in [-0.05, 0) is 18.8 Å². The zero-order chi connectivity index (χ0) is 5.40. The van der Waals surface area contributed by atoms with Crippen LogP contribution in [0.3, 0.4) is 0 Å². The fourth-order valence-electron chi connectivity index (χ4n) is 1.61. The molecular formula is C8H11. The second kappa shape index (κ2) is 1.61. The van der Waals surface area contributed by atoms with E-state index in [9.17, 15) is 0 Å². The van der Waals surface area contributed by atoms with Crippen LogP contribution in [0.4, 0.5) is 0 Å². The van der Waals surface area contributed by atoms with Crippen LogP contribution in [0.25, 0.3) is 0 Å². The largest absolute Gasteiger partial charge is 0.0839 e. The van der Waals surface area contributed by atoms with Crippen molar-refractivity contribution < 1.29 is 0 Å². The van der Waals surface area contributed by atoms with Crippen molar-refractivity contribution in [2.24, 2.45) is 5.92 Å². The Hall–Kier alpha value is -0.260. The Kier molecular flexibility index (Phi) is 0.927. The molecule has 0 bridgehead atoms. The molecule has 0 heterocycles. The molecule has 8 heavy (non-hydrogen) atoms. The summed E-state index contributed by atoms with van der Waals surface area (Å²) in [5.74, 6) is 2.64. The first kappa shape index (κ1) is 4.60. The standard InChI is InChI=1S/C8H11/c1-2-4-8-6-5-7(8)3-1/h5-7H,1-4H2.